The predicted molar refractivity (Wildman–Crippen MR) is 114 cm³/mol. The third-order valence-electron chi connectivity index (χ3n) is 3.05. The molecule has 0 heterocycles. The van der Waals surface area contributed by atoms with Gasteiger partial charge in [0.15, 0.2) is 0 Å². The van der Waals surface area contributed by atoms with Crippen molar-refractivity contribution in [3.63, 3.8) is 0 Å². The van der Waals surface area contributed by atoms with E-state index in [1.807, 2.05) is 0 Å². The zero-order chi connectivity index (χ0) is 23.0. The Hall–Kier alpha value is -0.0236. The molecule has 0 aromatic heterocycles. The average Bonchev–Trinajstić information content (AvgIpc) is 2.42. The number of carbonyl (C=O) groups excluding carboxylic acids is 3. The van der Waals surface area contributed by atoms with Crippen molar-refractivity contribution in [3.05, 3.63) is 0 Å². The Morgan fingerprint density at radius 2 is 0.714 bits per heavy atom. The fourth-order valence-corrected chi connectivity index (χ4v) is 1.18. The van der Waals surface area contributed by atoms with Gasteiger partial charge in [0.1, 0.15) is 0 Å². The number of hydrogen-bond acceptors (Lipinski definition) is 12. The number of carboxylic acid groups (broad SMARTS) is 3. The van der Waals surface area contributed by atoms with Gasteiger partial charge in [-0.15, -0.1) is 0 Å². The van der Waals surface area contributed by atoms with Gasteiger partial charge in [-0.2, -0.15) is 37.9 Å². The van der Waals surface area contributed by atoms with Crippen LogP contribution in [0.4, 0.5) is 0 Å². The van der Waals surface area contributed by atoms with Gasteiger partial charge in [-0.05, 0) is 41.5 Å². The quantitative estimate of drug-likeness (QED) is 0.151. The van der Waals surface area contributed by atoms with E-state index >= 15 is 0 Å². The van der Waals surface area contributed by atoms with E-state index in [9.17, 15) is 29.7 Å². The Morgan fingerprint density at radius 1 is 0.607 bits per heavy atom. The molecule has 0 aliphatic carbocycles. The number of aliphatic carboxylic acids is 3. The van der Waals surface area contributed by atoms with E-state index in [4.69, 9.17) is 17.2 Å². The molecule has 0 saturated carbocycles. The Labute approximate surface area is 195 Å². The van der Waals surface area contributed by atoms with Crippen molar-refractivity contribution in [1.82, 2.24) is 0 Å². The van der Waals surface area contributed by atoms with Gasteiger partial charge < -0.3 is 46.9 Å². The fourth-order valence-electron chi connectivity index (χ4n) is 0.865. The van der Waals surface area contributed by atoms with Gasteiger partial charge in [0.2, 0.25) is 0 Å². The van der Waals surface area contributed by atoms with Crippen molar-refractivity contribution in [2.24, 2.45) is 17.2 Å². The van der Waals surface area contributed by atoms with Crippen LogP contribution in [0.5, 0.6) is 0 Å². The summed E-state index contributed by atoms with van der Waals surface area (Å²) in [6, 6.07) is -3.04. The molecule has 9 nitrogen and oxygen atoms in total. The van der Waals surface area contributed by atoms with Crippen LogP contribution in [0.3, 0.4) is 0 Å². The van der Waals surface area contributed by atoms with Crippen LogP contribution in [0.1, 0.15) is 41.5 Å². The molecule has 0 aliphatic heterocycles. The van der Waals surface area contributed by atoms with E-state index in [2.05, 4.69) is 37.9 Å². The summed E-state index contributed by atoms with van der Waals surface area (Å²) in [5, 5.41) is 30.2. The summed E-state index contributed by atoms with van der Waals surface area (Å²) in [5.41, 5.74) is 15.5. The summed E-state index contributed by atoms with van der Waals surface area (Å²) in [7, 11) is 0. The smallest absolute Gasteiger partial charge is 0.548 e. The van der Waals surface area contributed by atoms with E-state index in [-0.39, 0.29) is 19.8 Å². The number of carbonyl (C=O) groups is 3. The van der Waals surface area contributed by atoms with E-state index in [1.165, 1.54) is 0 Å². The number of thiol groups is 3. The molecule has 0 saturated heterocycles. The van der Waals surface area contributed by atoms with Crippen LogP contribution in [-0.2, 0) is 14.4 Å². The molecular formula is C15H30GaN3O6S3. The van der Waals surface area contributed by atoms with Crippen molar-refractivity contribution in [2.75, 3.05) is 0 Å². The van der Waals surface area contributed by atoms with E-state index in [1.54, 1.807) is 41.5 Å². The van der Waals surface area contributed by atoms with Crippen LogP contribution in [0.25, 0.3) is 0 Å². The molecule has 0 rings (SSSR count). The third-order valence-corrected chi connectivity index (χ3v) is 3.88. The van der Waals surface area contributed by atoms with Gasteiger partial charge in [0.05, 0.1) is 36.0 Å². The first-order valence-corrected chi connectivity index (χ1v) is 8.97. The minimum Gasteiger partial charge on any atom is -0.548 e. The molecule has 0 aromatic rings. The van der Waals surface area contributed by atoms with E-state index in [0.717, 1.165) is 0 Å². The summed E-state index contributed by atoms with van der Waals surface area (Å²) in [5.74, 6) is -3.81. The molecule has 0 unspecified atom stereocenters. The summed E-state index contributed by atoms with van der Waals surface area (Å²) in [6.07, 6.45) is 0. The Balaban J connectivity index is -0.000000152. The zero-order valence-corrected chi connectivity index (χ0v) is 21.9. The second-order valence-electron chi connectivity index (χ2n) is 7.35. The molecule has 0 bridgehead atoms. The summed E-state index contributed by atoms with van der Waals surface area (Å²) >= 11 is 11.8. The maximum absolute atomic E-state index is 10.1. The molecule has 0 spiro atoms. The Bertz CT molecular complexity index is 433. The monoisotopic (exact) mass is 513 g/mol. The SMILES string of the molecule is CC(C)(S)[C@H](N)C(=O)[O-].CC(C)(S)[C@H](N)C(=O)[O-].CC(C)(S)[C@H](N)C(=O)[O-].[Ga+3]. The van der Waals surface area contributed by atoms with Crippen molar-refractivity contribution in [3.8, 4) is 0 Å². The Morgan fingerprint density at radius 3 is 0.714 bits per heavy atom. The van der Waals surface area contributed by atoms with Crippen LogP contribution in [0, 0.1) is 0 Å². The van der Waals surface area contributed by atoms with Crippen molar-refractivity contribution in [1.29, 1.82) is 0 Å². The topological polar surface area (TPSA) is 198 Å². The molecule has 0 fully saturated rings. The number of nitrogens with two attached hydrogens (primary N) is 3. The van der Waals surface area contributed by atoms with Crippen LogP contribution in [-0.4, -0.2) is 70.1 Å². The largest absolute Gasteiger partial charge is 3.00 e. The van der Waals surface area contributed by atoms with Gasteiger partial charge in [-0.3, -0.25) is 0 Å². The molecule has 0 aliphatic rings. The number of carboxylic acids is 3. The average molecular weight is 514 g/mol. The molecule has 0 radical (unpaired) electrons. The molecular weight excluding hydrogens is 484 g/mol. The van der Waals surface area contributed by atoms with Crippen molar-refractivity contribution in [2.45, 2.75) is 73.9 Å². The van der Waals surface area contributed by atoms with Crippen LogP contribution in [0.2, 0.25) is 0 Å². The number of hydrogen-bond donors (Lipinski definition) is 6. The third kappa shape index (κ3) is 18.0. The second-order valence-corrected chi connectivity index (χ2v) is 10.8. The first-order valence-electron chi connectivity index (χ1n) is 7.63. The zero-order valence-electron chi connectivity index (χ0n) is 16.8. The van der Waals surface area contributed by atoms with Gasteiger partial charge in [-0.25, -0.2) is 0 Å². The first kappa shape index (κ1) is 35.4. The molecule has 0 amide bonds. The molecule has 13 heteroatoms. The normalized spacial score (nSPS) is 14.6. The van der Waals surface area contributed by atoms with Gasteiger partial charge >= 0.3 is 19.8 Å². The minimum atomic E-state index is -1.27. The fraction of sp³-hybridized carbons (Fsp3) is 0.800. The maximum atomic E-state index is 10.1. The van der Waals surface area contributed by atoms with Crippen LogP contribution in [0.15, 0.2) is 0 Å². The van der Waals surface area contributed by atoms with Gasteiger partial charge in [-0.1, -0.05) is 0 Å². The Kier molecular flexibility index (Phi) is 17.8. The van der Waals surface area contributed by atoms with Gasteiger partial charge in [0, 0.05) is 14.2 Å². The molecule has 28 heavy (non-hydrogen) atoms. The summed E-state index contributed by atoms with van der Waals surface area (Å²) in [4.78, 5) is 30.2. The van der Waals surface area contributed by atoms with E-state index in [0.29, 0.717) is 0 Å². The molecule has 162 valence electrons. The summed E-state index contributed by atoms with van der Waals surface area (Å²) in [6.45, 7) is 9.73. The maximum Gasteiger partial charge on any atom is 3.00 e. The van der Waals surface area contributed by atoms with Crippen molar-refractivity contribution >= 4 is 75.6 Å². The minimum absolute atomic E-state index is 0. The van der Waals surface area contributed by atoms with Crippen LogP contribution >= 0.6 is 37.9 Å². The number of rotatable bonds is 6. The summed E-state index contributed by atoms with van der Waals surface area (Å²) < 4.78 is -2.13. The predicted octanol–water partition coefficient (Wildman–Crippen LogP) is -4.06. The van der Waals surface area contributed by atoms with Crippen LogP contribution < -0.4 is 32.5 Å². The molecule has 3 atom stereocenters. The van der Waals surface area contributed by atoms with Gasteiger partial charge in [0.25, 0.3) is 0 Å². The molecule has 0 aromatic carbocycles. The van der Waals surface area contributed by atoms with E-state index < -0.39 is 50.3 Å². The standard InChI is InChI=1S/3C5H11NO2S.Ga/c3*1-5(2,9)3(6)4(7)8;/h3*3,9H,6H2,1-2H3,(H,7,8);/q;;;+3/p-3/t3*3-;/m111./s1. The second kappa shape index (κ2) is 14.1. The first-order chi connectivity index (χ1) is 11.6. The van der Waals surface area contributed by atoms with Crippen molar-refractivity contribution < 1.29 is 29.7 Å². The molecule has 6 N–H and O–H groups in total.